The van der Waals surface area contributed by atoms with Crippen LogP contribution in [0.4, 0.5) is 11.5 Å². The summed E-state index contributed by atoms with van der Waals surface area (Å²) in [5.41, 5.74) is 8.11. The van der Waals surface area contributed by atoms with Gasteiger partial charge in [-0.3, -0.25) is 4.90 Å². The number of H-pyrrole nitrogens is 1. The van der Waals surface area contributed by atoms with Gasteiger partial charge in [-0.25, -0.2) is 9.89 Å². The van der Waals surface area contributed by atoms with Crippen LogP contribution in [0, 0.1) is 6.92 Å². The number of piperazine rings is 1. The largest absolute Gasteiger partial charge is 0.399 e. The van der Waals surface area contributed by atoms with Crippen molar-refractivity contribution >= 4 is 11.5 Å². The molecule has 0 atom stereocenters. The van der Waals surface area contributed by atoms with Gasteiger partial charge in [0.05, 0.1) is 0 Å². The van der Waals surface area contributed by atoms with Crippen LogP contribution in [0.2, 0.25) is 0 Å². The van der Waals surface area contributed by atoms with Gasteiger partial charge < -0.3 is 10.6 Å². The number of nitrogens with two attached hydrogens (primary N) is 1. The van der Waals surface area contributed by atoms with Crippen molar-refractivity contribution in [3.05, 3.63) is 46.0 Å². The van der Waals surface area contributed by atoms with Crippen molar-refractivity contribution in [2.75, 3.05) is 36.8 Å². The van der Waals surface area contributed by atoms with E-state index >= 15 is 0 Å². The zero-order chi connectivity index (χ0) is 15.5. The second kappa shape index (κ2) is 6.15. The molecule has 2 aromatic rings. The van der Waals surface area contributed by atoms with Crippen molar-refractivity contribution in [2.45, 2.75) is 13.5 Å². The van der Waals surface area contributed by atoms with Crippen LogP contribution in [0.25, 0.3) is 0 Å². The summed E-state index contributed by atoms with van der Waals surface area (Å²) in [6.45, 7) is 6.31. The maximum atomic E-state index is 11.3. The van der Waals surface area contributed by atoms with Crippen LogP contribution < -0.4 is 16.3 Å². The number of hydrogen-bond donors (Lipinski definition) is 2. The number of aromatic amines is 1. The van der Waals surface area contributed by atoms with Gasteiger partial charge in [0.1, 0.15) is 5.69 Å². The molecule has 1 aliphatic rings. The van der Waals surface area contributed by atoms with Gasteiger partial charge >= 0.3 is 5.69 Å². The molecule has 22 heavy (non-hydrogen) atoms. The Morgan fingerprint density at radius 2 is 1.86 bits per heavy atom. The highest BCUT2D eigenvalue weighted by molar-refractivity contribution is 5.42. The van der Waals surface area contributed by atoms with Gasteiger partial charge in [-0.15, -0.1) is 0 Å². The average Bonchev–Trinajstić information content (AvgIpc) is 2.53. The Morgan fingerprint density at radius 1 is 1.18 bits per heavy atom. The first-order valence-corrected chi connectivity index (χ1v) is 7.37. The van der Waals surface area contributed by atoms with Crippen molar-refractivity contribution in [1.82, 2.24) is 20.1 Å². The van der Waals surface area contributed by atoms with Crippen molar-refractivity contribution in [3.8, 4) is 0 Å². The van der Waals surface area contributed by atoms with E-state index in [-0.39, 0.29) is 0 Å². The molecular formula is C15H20N6O. The van der Waals surface area contributed by atoms with Crippen LogP contribution in [0.1, 0.15) is 11.3 Å². The maximum Gasteiger partial charge on any atom is 0.363 e. The van der Waals surface area contributed by atoms with Gasteiger partial charge in [0.25, 0.3) is 0 Å². The highest BCUT2D eigenvalue weighted by atomic mass is 16.1. The molecule has 0 spiro atoms. The van der Waals surface area contributed by atoms with E-state index in [0.29, 0.717) is 5.82 Å². The van der Waals surface area contributed by atoms with Crippen LogP contribution >= 0.6 is 0 Å². The molecule has 0 bridgehead atoms. The van der Waals surface area contributed by atoms with E-state index in [1.807, 2.05) is 19.1 Å². The number of aryl methyl sites for hydroxylation is 1. The molecular weight excluding hydrogens is 280 g/mol. The molecule has 3 rings (SSSR count). The van der Waals surface area contributed by atoms with E-state index in [1.54, 1.807) is 0 Å². The molecule has 116 valence electrons. The number of anilines is 2. The zero-order valence-corrected chi connectivity index (χ0v) is 12.6. The fourth-order valence-electron chi connectivity index (χ4n) is 2.68. The SMILES string of the molecule is Cc1n[nH]c(=O)nc1N1CCN(Cc2ccc(N)cc2)CC1. The third-order valence-electron chi connectivity index (χ3n) is 3.91. The quantitative estimate of drug-likeness (QED) is 0.796. The van der Waals surface area contributed by atoms with Crippen molar-refractivity contribution in [2.24, 2.45) is 0 Å². The Morgan fingerprint density at radius 3 is 2.55 bits per heavy atom. The lowest BCUT2D eigenvalue weighted by Gasteiger charge is -2.35. The summed E-state index contributed by atoms with van der Waals surface area (Å²) in [5.74, 6) is 0.691. The molecule has 1 aromatic heterocycles. The average molecular weight is 300 g/mol. The lowest BCUT2D eigenvalue weighted by molar-refractivity contribution is 0.249. The van der Waals surface area contributed by atoms with Crippen LogP contribution in [-0.4, -0.2) is 46.3 Å². The molecule has 0 radical (unpaired) electrons. The number of rotatable bonds is 3. The van der Waals surface area contributed by atoms with Crippen LogP contribution in [0.3, 0.4) is 0 Å². The van der Waals surface area contributed by atoms with Crippen molar-refractivity contribution < 1.29 is 0 Å². The number of benzene rings is 1. The molecule has 7 heteroatoms. The number of nitrogens with zero attached hydrogens (tertiary/aromatic N) is 4. The molecule has 0 aliphatic carbocycles. The number of nitrogens with one attached hydrogen (secondary N) is 1. The summed E-state index contributed by atoms with van der Waals surface area (Å²) in [5, 5.41) is 6.34. The van der Waals surface area contributed by atoms with E-state index in [4.69, 9.17) is 5.73 Å². The third-order valence-corrected chi connectivity index (χ3v) is 3.91. The number of hydrogen-bond acceptors (Lipinski definition) is 6. The highest BCUT2D eigenvalue weighted by Crippen LogP contribution is 2.16. The molecule has 1 aromatic carbocycles. The van der Waals surface area contributed by atoms with Crippen molar-refractivity contribution in [1.29, 1.82) is 0 Å². The first kappa shape index (κ1) is 14.5. The van der Waals surface area contributed by atoms with Gasteiger partial charge in [-0.1, -0.05) is 12.1 Å². The Balaban J connectivity index is 1.61. The molecule has 2 heterocycles. The molecule has 0 saturated carbocycles. The summed E-state index contributed by atoms with van der Waals surface area (Å²) in [6, 6.07) is 7.99. The Hall–Kier alpha value is -2.41. The predicted octanol–water partition coefficient (Wildman–Crippen LogP) is 0.378. The second-order valence-corrected chi connectivity index (χ2v) is 5.55. The van der Waals surface area contributed by atoms with Gasteiger partial charge in [-0.05, 0) is 24.6 Å². The molecule has 1 fully saturated rings. The van der Waals surface area contributed by atoms with Crippen molar-refractivity contribution in [3.63, 3.8) is 0 Å². The van der Waals surface area contributed by atoms with Gasteiger partial charge in [0.2, 0.25) is 0 Å². The Labute approximate surface area is 128 Å². The number of nitrogen functional groups attached to an aromatic ring is 1. The topological polar surface area (TPSA) is 91.1 Å². The molecule has 1 saturated heterocycles. The summed E-state index contributed by atoms with van der Waals surface area (Å²) in [4.78, 5) is 19.9. The fourth-order valence-corrected chi connectivity index (χ4v) is 2.68. The third kappa shape index (κ3) is 3.25. The fraction of sp³-hybridized carbons (Fsp3) is 0.400. The van der Waals surface area contributed by atoms with Crippen LogP contribution in [-0.2, 0) is 6.54 Å². The Bertz CT molecular complexity index is 688. The first-order valence-electron chi connectivity index (χ1n) is 7.37. The lowest BCUT2D eigenvalue weighted by atomic mass is 10.2. The van der Waals surface area contributed by atoms with E-state index in [0.717, 1.165) is 44.1 Å². The molecule has 1 aliphatic heterocycles. The zero-order valence-electron chi connectivity index (χ0n) is 12.6. The smallest absolute Gasteiger partial charge is 0.363 e. The van der Waals surface area contributed by atoms with Gasteiger partial charge in [-0.2, -0.15) is 10.1 Å². The highest BCUT2D eigenvalue weighted by Gasteiger charge is 2.20. The summed E-state index contributed by atoms with van der Waals surface area (Å²) in [7, 11) is 0. The predicted molar refractivity (Wildman–Crippen MR) is 85.7 cm³/mol. The summed E-state index contributed by atoms with van der Waals surface area (Å²) in [6.07, 6.45) is 0. The lowest BCUT2D eigenvalue weighted by Crippen LogP contribution is -2.47. The minimum absolute atomic E-state index is 0.398. The Kier molecular flexibility index (Phi) is 4.06. The van der Waals surface area contributed by atoms with Gasteiger partial charge in [0, 0.05) is 38.4 Å². The van der Waals surface area contributed by atoms with E-state index in [9.17, 15) is 4.79 Å². The van der Waals surface area contributed by atoms with E-state index in [2.05, 4.69) is 37.1 Å². The molecule has 0 amide bonds. The standard InChI is InChI=1S/C15H20N6O/c1-11-14(17-15(22)19-18-11)21-8-6-20(7-9-21)10-12-2-4-13(16)5-3-12/h2-5H,6-10,16H2,1H3,(H,17,19,22). The normalized spacial score (nSPS) is 16.0. The minimum atomic E-state index is -0.398. The second-order valence-electron chi connectivity index (χ2n) is 5.55. The van der Waals surface area contributed by atoms with E-state index < -0.39 is 5.69 Å². The molecule has 3 N–H and O–H groups in total. The first-order chi connectivity index (χ1) is 10.6. The number of aromatic nitrogens is 3. The van der Waals surface area contributed by atoms with Crippen LogP contribution in [0.15, 0.2) is 29.1 Å². The van der Waals surface area contributed by atoms with Gasteiger partial charge in [0.15, 0.2) is 5.82 Å². The monoisotopic (exact) mass is 300 g/mol. The molecule has 7 nitrogen and oxygen atoms in total. The summed E-state index contributed by atoms with van der Waals surface area (Å²) < 4.78 is 0. The maximum absolute atomic E-state index is 11.3. The van der Waals surface area contributed by atoms with Crippen LogP contribution in [0.5, 0.6) is 0 Å². The minimum Gasteiger partial charge on any atom is -0.399 e. The summed E-state index contributed by atoms with van der Waals surface area (Å²) >= 11 is 0. The van der Waals surface area contributed by atoms with E-state index in [1.165, 1.54) is 5.56 Å². The molecule has 0 unspecified atom stereocenters.